The van der Waals surface area contributed by atoms with E-state index in [0.717, 1.165) is 16.0 Å². The van der Waals surface area contributed by atoms with Crippen molar-refractivity contribution in [3.8, 4) is 33.5 Å². The molecule has 0 saturated carbocycles. The van der Waals surface area contributed by atoms with E-state index in [-0.39, 0.29) is 12.7 Å². The number of carbonyl (C=O) groups excluding carboxylic acids is 1. The first-order chi connectivity index (χ1) is 16.7. The topological polar surface area (TPSA) is 115 Å². The van der Waals surface area contributed by atoms with Gasteiger partial charge in [-0.15, -0.1) is 11.3 Å². The normalized spacial score (nSPS) is 12.1. The van der Waals surface area contributed by atoms with Crippen LogP contribution >= 0.6 is 11.3 Å². The minimum Gasteiger partial charge on any atom is -0.454 e. The lowest BCUT2D eigenvalue weighted by molar-refractivity contribution is 0.102. The van der Waals surface area contributed by atoms with Crippen LogP contribution in [0.15, 0.2) is 70.6 Å². The first-order valence-electron chi connectivity index (χ1n) is 10.4. The lowest BCUT2D eigenvalue weighted by atomic mass is 10.1. The molecule has 10 heteroatoms. The standard InChI is InChI=1S/C24H17N5O4S/c30-24(18-12-17(27-28-18)15-7-8-19-20(10-15)32-13-31-19)25-16-5-2-1-4-14(16)11-22-26-23(29-33-22)21-6-3-9-34-21/h1-10,12H,11,13H2,(H,25,30)(H,27,28). The molecule has 9 nitrogen and oxygen atoms in total. The summed E-state index contributed by atoms with van der Waals surface area (Å²) in [4.78, 5) is 18.3. The average Bonchev–Trinajstić information content (AvgIpc) is 3.67. The smallest absolute Gasteiger partial charge is 0.273 e. The van der Waals surface area contributed by atoms with Gasteiger partial charge in [0.1, 0.15) is 5.69 Å². The number of para-hydroxylation sites is 1. The molecule has 4 heterocycles. The number of nitrogens with zero attached hydrogens (tertiary/aromatic N) is 3. The number of anilines is 1. The van der Waals surface area contributed by atoms with E-state index in [9.17, 15) is 4.79 Å². The summed E-state index contributed by atoms with van der Waals surface area (Å²) in [6, 6.07) is 18.6. The number of hydrogen-bond donors (Lipinski definition) is 2. The molecular formula is C24H17N5O4S. The van der Waals surface area contributed by atoms with E-state index in [4.69, 9.17) is 14.0 Å². The number of thiophene rings is 1. The van der Waals surface area contributed by atoms with Gasteiger partial charge in [-0.25, -0.2) is 0 Å². The molecule has 1 aliphatic rings. The zero-order valence-corrected chi connectivity index (χ0v) is 18.5. The molecule has 0 aliphatic carbocycles. The molecule has 2 N–H and O–H groups in total. The molecule has 1 aliphatic heterocycles. The predicted octanol–water partition coefficient (Wildman–Crippen LogP) is 4.76. The maximum absolute atomic E-state index is 12.9. The number of carbonyl (C=O) groups is 1. The van der Waals surface area contributed by atoms with E-state index in [1.807, 2.05) is 60.0 Å². The van der Waals surface area contributed by atoms with Crippen LogP contribution in [0.1, 0.15) is 21.9 Å². The van der Waals surface area contributed by atoms with E-state index in [1.165, 1.54) is 0 Å². The van der Waals surface area contributed by atoms with E-state index < -0.39 is 0 Å². The molecule has 0 unspecified atom stereocenters. The quantitative estimate of drug-likeness (QED) is 0.367. The van der Waals surface area contributed by atoms with Gasteiger partial charge in [-0.1, -0.05) is 29.4 Å². The van der Waals surface area contributed by atoms with Gasteiger partial charge < -0.3 is 19.3 Å². The number of benzene rings is 2. The van der Waals surface area contributed by atoms with Gasteiger partial charge >= 0.3 is 0 Å². The molecule has 2 aromatic carbocycles. The second kappa shape index (κ2) is 8.49. The number of H-pyrrole nitrogens is 1. The molecule has 5 aromatic rings. The number of hydrogen-bond acceptors (Lipinski definition) is 8. The molecule has 0 spiro atoms. The number of ether oxygens (including phenoxy) is 2. The maximum Gasteiger partial charge on any atom is 0.273 e. The van der Waals surface area contributed by atoms with Crippen LogP contribution in [0.2, 0.25) is 0 Å². The fraction of sp³-hybridized carbons (Fsp3) is 0.0833. The maximum atomic E-state index is 12.9. The summed E-state index contributed by atoms with van der Waals surface area (Å²) in [5.74, 6) is 2.06. The minimum atomic E-state index is -0.309. The van der Waals surface area contributed by atoms with Crippen LogP contribution in [0.5, 0.6) is 11.5 Å². The van der Waals surface area contributed by atoms with Crippen LogP contribution in [0.25, 0.3) is 22.0 Å². The molecule has 6 rings (SSSR count). The summed E-state index contributed by atoms with van der Waals surface area (Å²) >= 11 is 1.55. The van der Waals surface area contributed by atoms with Crippen molar-refractivity contribution in [3.63, 3.8) is 0 Å². The third-order valence-corrected chi connectivity index (χ3v) is 6.17. The Balaban J connectivity index is 1.19. The van der Waals surface area contributed by atoms with Gasteiger partial charge in [-0.05, 0) is 47.3 Å². The van der Waals surface area contributed by atoms with Crippen molar-refractivity contribution in [2.45, 2.75) is 6.42 Å². The van der Waals surface area contributed by atoms with E-state index in [0.29, 0.717) is 46.7 Å². The van der Waals surface area contributed by atoms with E-state index in [2.05, 4.69) is 25.7 Å². The highest BCUT2D eigenvalue weighted by atomic mass is 32.1. The largest absolute Gasteiger partial charge is 0.454 e. The number of rotatable bonds is 6. The molecule has 168 valence electrons. The van der Waals surface area contributed by atoms with E-state index >= 15 is 0 Å². The number of aromatic amines is 1. The molecule has 3 aromatic heterocycles. The molecular weight excluding hydrogens is 454 g/mol. The van der Waals surface area contributed by atoms with Gasteiger partial charge in [0.25, 0.3) is 5.91 Å². The fourth-order valence-electron chi connectivity index (χ4n) is 3.62. The Hall–Kier alpha value is -4.44. The van der Waals surface area contributed by atoms with Crippen molar-refractivity contribution in [1.29, 1.82) is 0 Å². The second-order valence-electron chi connectivity index (χ2n) is 7.51. The van der Waals surface area contributed by atoms with Gasteiger partial charge in [0.15, 0.2) is 11.5 Å². The van der Waals surface area contributed by atoms with Crippen LogP contribution in [0.3, 0.4) is 0 Å². The summed E-state index contributed by atoms with van der Waals surface area (Å²) < 4.78 is 16.2. The van der Waals surface area contributed by atoms with Crippen LogP contribution in [-0.2, 0) is 6.42 Å². The van der Waals surface area contributed by atoms with Crippen molar-refractivity contribution in [1.82, 2.24) is 20.3 Å². The highest BCUT2D eigenvalue weighted by Gasteiger charge is 2.18. The average molecular weight is 471 g/mol. The van der Waals surface area contributed by atoms with Gasteiger partial charge in [-0.2, -0.15) is 10.1 Å². The number of aromatic nitrogens is 4. The molecule has 34 heavy (non-hydrogen) atoms. The van der Waals surface area contributed by atoms with Gasteiger partial charge in [-0.3, -0.25) is 9.89 Å². The Bertz CT molecular complexity index is 1470. The lowest BCUT2D eigenvalue weighted by Gasteiger charge is -2.08. The summed E-state index contributed by atoms with van der Waals surface area (Å²) in [5.41, 5.74) is 3.29. The molecule has 1 amide bonds. The molecule has 0 atom stereocenters. The van der Waals surface area contributed by atoms with Crippen molar-refractivity contribution in [2.24, 2.45) is 0 Å². The summed E-state index contributed by atoms with van der Waals surface area (Å²) in [7, 11) is 0. The Morgan fingerprint density at radius 2 is 1.97 bits per heavy atom. The van der Waals surface area contributed by atoms with Crippen LogP contribution in [0.4, 0.5) is 5.69 Å². The monoisotopic (exact) mass is 471 g/mol. The van der Waals surface area contributed by atoms with E-state index in [1.54, 1.807) is 17.4 Å². The van der Waals surface area contributed by atoms with Crippen LogP contribution in [-0.4, -0.2) is 33.0 Å². The lowest BCUT2D eigenvalue weighted by Crippen LogP contribution is -2.14. The summed E-state index contributed by atoms with van der Waals surface area (Å²) in [6.07, 6.45) is 0.389. The summed E-state index contributed by atoms with van der Waals surface area (Å²) in [5, 5.41) is 16.0. The van der Waals surface area contributed by atoms with Crippen molar-refractivity contribution in [3.05, 3.63) is 83.2 Å². The van der Waals surface area contributed by atoms with Crippen molar-refractivity contribution in [2.75, 3.05) is 12.1 Å². The zero-order chi connectivity index (χ0) is 22.9. The third kappa shape index (κ3) is 3.90. The highest BCUT2D eigenvalue weighted by Crippen LogP contribution is 2.35. The first kappa shape index (κ1) is 20.2. The fourth-order valence-corrected chi connectivity index (χ4v) is 4.27. The van der Waals surface area contributed by atoms with Gasteiger partial charge in [0.2, 0.25) is 18.5 Å². The number of nitrogens with one attached hydrogen (secondary N) is 2. The predicted molar refractivity (Wildman–Crippen MR) is 125 cm³/mol. The zero-order valence-electron chi connectivity index (χ0n) is 17.6. The molecule has 0 saturated heterocycles. The van der Waals surface area contributed by atoms with Crippen LogP contribution < -0.4 is 14.8 Å². The first-order valence-corrected chi connectivity index (χ1v) is 11.3. The molecule has 0 fully saturated rings. The summed E-state index contributed by atoms with van der Waals surface area (Å²) in [6.45, 7) is 0.200. The van der Waals surface area contributed by atoms with Gasteiger partial charge in [0.05, 0.1) is 17.0 Å². The number of fused-ring (bicyclic) bond motifs is 1. The van der Waals surface area contributed by atoms with Crippen LogP contribution in [0, 0.1) is 0 Å². The second-order valence-corrected chi connectivity index (χ2v) is 8.46. The van der Waals surface area contributed by atoms with Crippen molar-refractivity contribution < 1.29 is 18.8 Å². The molecule has 0 radical (unpaired) electrons. The van der Waals surface area contributed by atoms with Crippen molar-refractivity contribution >= 4 is 22.9 Å². The molecule has 0 bridgehead atoms. The highest BCUT2D eigenvalue weighted by molar-refractivity contribution is 7.13. The SMILES string of the molecule is O=C(Nc1ccccc1Cc1nc(-c2cccs2)no1)c1cc(-c2ccc3c(c2)OCO3)n[nH]1. The number of amides is 1. The Morgan fingerprint density at radius 1 is 1.06 bits per heavy atom. The minimum absolute atomic E-state index is 0.200. The Labute approximate surface area is 197 Å². The Kier molecular flexibility index (Phi) is 5.04. The Morgan fingerprint density at radius 3 is 2.88 bits per heavy atom. The van der Waals surface area contributed by atoms with Gasteiger partial charge in [0, 0.05) is 11.3 Å². The third-order valence-electron chi connectivity index (χ3n) is 5.31.